The molecule has 9 heteroatoms. The van der Waals surface area contributed by atoms with Gasteiger partial charge in [0.1, 0.15) is 12.4 Å². The minimum atomic E-state index is -3.69. The zero-order valence-electron chi connectivity index (χ0n) is 20.3. The summed E-state index contributed by atoms with van der Waals surface area (Å²) in [6, 6.07) is 13.0. The smallest absolute Gasteiger partial charge is 0.346 e. The van der Waals surface area contributed by atoms with Crippen LogP contribution in [0.25, 0.3) is 0 Å². The van der Waals surface area contributed by atoms with Gasteiger partial charge in [-0.2, -0.15) is 0 Å². The number of alkyl halides is 1. The predicted octanol–water partition coefficient (Wildman–Crippen LogP) is 5.42. The lowest BCUT2D eigenvalue weighted by Crippen LogP contribution is -2.37. The van der Waals surface area contributed by atoms with Crippen molar-refractivity contribution in [2.24, 2.45) is 5.41 Å². The van der Waals surface area contributed by atoms with E-state index in [0.717, 1.165) is 19.7 Å². The Kier molecular flexibility index (Phi) is 7.87. The lowest BCUT2D eigenvalue weighted by molar-refractivity contribution is -0.155. The Morgan fingerprint density at radius 1 is 1.21 bits per heavy atom. The maximum absolute atomic E-state index is 14.7. The van der Waals surface area contributed by atoms with Gasteiger partial charge in [0, 0.05) is 23.7 Å². The first-order valence-electron chi connectivity index (χ1n) is 11.2. The summed E-state index contributed by atoms with van der Waals surface area (Å²) in [4.78, 5) is 14.6. The number of carbonyl (C=O) groups excluding carboxylic acids is 1. The second kappa shape index (κ2) is 10.2. The Morgan fingerprint density at radius 2 is 1.85 bits per heavy atom. The molecule has 0 saturated carbocycles. The molecule has 0 saturated heterocycles. The Balaban J connectivity index is 2.17. The van der Waals surface area contributed by atoms with Crippen LogP contribution in [-0.2, 0) is 19.4 Å². The van der Waals surface area contributed by atoms with E-state index >= 15 is 0 Å². The average molecular weight is 510 g/mol. The van der Waals surface area contributed by atoms with Crippen LogP contribution in [0.5, 0.6) is 5.75 Å². The summed E-state index contributed by atoms with van der Waals surface area (Å²) in [5, 5.41) is 0. The molecule has 1 aliphatic rings. The molecule has 0 radical (unpaired) electrons. The Hall–Kier alpha value is -2.26. The number of carbonyl (C=O) groups is 1. The Bertz CT molecular complexity index is 1130. The van der Waals surface area contributed by atoms with Gasteiger partial charge in [-0.3, -0.25) is 0 Å². The monoisotopic (exact) mass is 509 g/mol. The molecule has 186 valence electrons. The molecule has 0 spiro atoms. The third kappa shape index (κ3) is 5.20. The Labute approximate surface area is 205 Å². The molecule has 0 unspecified atom stereocenters. The minimum absolute atomic E-state index is 0.00434. The number of ether oxygens (including phenoxy) is 2. The van der Waals surface area contributed by atoms with Crippen LogP contribution in [0.15, 0.2) is 52.3 Å². The van der Waals surface area contributed by atoms with Gasteiger partial charge in [0.2, 0.25) is 5.67 Å². The number of para-hydroxylation sites is 1. The number of nitrogens with zero attached hydrogens (tertiary/aromatic N) is 1. The van der Waals surface area contributed by atoms with Gasteiger partial charge in [0.05, 0.1) is 28.3 Å². The van der Waals surface area contributed by atoms with Gasteiger partial charge in [-0.1, -0.05) is 32.0 Å². The van der Waals surface area contributed by atoms with E-state index < -0.39 is 33.5 Å². The maximum atomic E-state index is 14.7. The van der Waals surface area contributed by atoms with Crippen molar-refractivity contribution < 1.29 is 27.1 Å². The third-order valence-corrected chi connectivity index (χ3v) is 9.29. The summed E-state index contributed by atoms with van der Waals surface area (Å²) in [5.41, 5.74) is -1.33. The van der Waals surface area contributed by atoms with Crippen molar-refractivity contribution in [3.63, 3.8) is 0 Å². The van der Waals surface area contributed by atoms with Crippen molar-refractivity contribution in [1.82, 2.24) is 0 Å². The molecule has 2 aromatic carbocycles. The molecule has 0 N–H and O–H groups in total. The molecule has 0 aliphatic carbocycles. The van der Waals surface area contributed by atoms with E-state index in [1.165, 1.54) is 17.8 Å². The zero-order chi connectivity index (χ0) is 25.1. The highest BCUT2D eigenvalue weighted by Crippen LogP contribution is 2.46. The highest BCUT2D eigenvalue weighted by atomic mass is 32.2. The SMILES string of the molecule is CCC1(CC)CN(c2ccccc2)c2cc(SC)c(OC[C@@](C)(F)C(=O)OC)cc2S(=O)(=O)C1. The highest BCUT2D eigenvalue weighted by molar-refractivity contribution is 7.98. The zero-order valence-corrected chi connectivity index (χ0v) is 21.9. The molecule has 3 rings (SSSR count). The first kappa shape index (κ1) is 26.3. The van der Waals surface area contributed by atoms with Crippen molar-refractivity contribution >= 4 is 38.9 Å². The van der Waals surface area contributed by atoms with Gasteiger partial charge in [-0.25, -0.2) is 17.6 Å². The van der Waals surface area contributed by atoms with E-state index in [1.807, 2.05) is 50.4 Å². The number of sulfone groups is 1. The van der Waals surface area contributed by atoms with Gasteiger partial charge in [-0.05, 0) is 44.2 Å². The van der Waals surface area contributed by atoms with Crippen LogP contribution in [0.1, 0.15) is 33.6 Å². The summed E-state index contributed by atoms with van der Waals surface area (Å²) >= 11 is 1.36. The second-order valence-corrected chi connectivity index (χ2v) is 11.6. The number of thioether (sulfide) groups is 1. The van der Waals surface area contributed by atoms with Crippen LogP contribution >= 0.6 is 11.8 Å². The average Bonchev–Trinajstić information content (AvgIpc) is 2.94. The molecular formula is C25H32FNO5S2. The van der Waals surface area contributed by atoms with Crippen LogP contribution in [0.3, 0.4) is 0 Å². The molecule has 0 bridgehead atoms. The summed E-state index contributed by atoms with van der Waals surface area (Å²) in [5.74, 6) is -0.827. The number of fused-ring (bicyclic) bond motifs is 1. The molecule has 34 heavy (non-hydrogen) atoms. The molecule has 2 aromatic rings. The predicted molar refractivity (Wildman–Crippen MR) is 134 cm³/mol. The van der Waals surface area contributed by atoms with E-state index in [2.05, 4.69) is 9.64 Å². The number of benzene rings is 2. The van der Waals surface area contributed by atoms with Crippen molar-refractivity contribution in [3.05, 3.63) is 42.5 Å². The largest absolute Gasteiger partial charge is 0.488 e. The molecule has 1 atom stereocenters. The fourth-order valence-corrected chi connectivity index (χ4v) is 7.00. The second-order valence-electron chi connectivity index (χ2n) is 8.84. The topological polar surface area (TPSA) is 72.9 Å². The van der Waals surface area contributed by atoms with Gasteiger partial charge in [0.15, 0.2) is 9.84 Å². The third-order valence-electron chi connectivity index (χ3n) is 6.54. The van der Waals surface area contributed by atoms with Crippen molar-refractivity contribution in [3.8, 4) is 5.75 Å². The molecule has 6 nitrogen and oxygen atoms in total. The lowest BCUT2D eigenvalue weighted by atomic mass is 9.83. The lowest BCUT2D eigenvalue weighted by Gasteiger charge is -2.35. The summed E-state index contributed by atoms with van der Waals surface area (Å²) in [7, 11) is -2.58. The van der Waals surface area contributed by atoms with E-state index in [9.17, 15) is 17.6 Å². The van der Waals surface area contributed by atoms with E-state index in [1.54, 1.807) is 6.07 Å². The quantitative estimate of drug-likeness (QED) is 0.347. The summed E-state index contributed by atoms with van der Waals surface area (Å²) in [6.45, 7) is 5.08. The summed E-state index contributed by atoms with van der Waals surface area (Å²) < 4.78 is 52.2. The number of anilines is 2. The van der Waals surface area contributed by atoms with Crippen LogP contribution in [-0.4, -0.2) is 52.3 Å². The maximum Gasteiger partial charge on any atom is 0.346 e. The van der Waals surface area contributed by atoms with Gasteiger partial charge < -0.3 is 14.4 Å². The van der Waals surface area contributed by atoms with Crippen molar-refractivity contribution in [2.45, 2.75) is 49.1 Å². The van der Waals surface area contributed by atoms with Crippen LogP contribution in [0.4, 0.5) is 15.8 Å². The first-order chi connectivity index (χ1) is 16.0. The fraction of sp³-hybridized carbons (Fsp3) is 0.480. The van der Waals surface area contributed by atoms with Gasteiger partial charge in [0.25, 0.3) is 0 Å². The number of esters is 1. The van der Waals surface area contributed by atoms with E-state index in [-0.39, 0.29) is 16.4 Å². The molecule has 0 aromatic heterocycles. The minimum Gasteiger partial charge on any atom is -0.488 e. The molecular weight excluding hydrogens is 477 g/mol. The van der Waals surface area contributed by atoms with E-state index in [4.69, 9.17) is 4.74 Å². The number of halogens is 1. The van der Waals surface area contributed by atoms with Crippen molar-refractivity contribution in [1.29, 1.82) is 0 Å². The van der Waals surface area contributed by atoms with Crippen LogP contribution in [0.2, 0.25) is 0 Å². The molecule has 0 fully saturated rings. The number of methoxy groups -OCH3 is 1. The van der Waals surface area contributed by atoms with Gasteiger partial charge in [-0.15, -0.1) is 11.8 Å². The number of hydrogen-bond donors (Lipinski definition) is 0. The molecule has 1 heterocycles. The highest BCUT2D eigenvalue weighted by Gasteiger charge is 2.42. The van der Waals surface area contributed by atoms with Crippen LogP contribution in [0, 0.1) is 5.41 Å². The number of rotatable bonds is 8. The standard InChI is InChI=1S/C25H32FNO5S2/c1-6-25(7-2)15-27(18-11-9-8-10-12-18)19-13-21(33-5)20(14-22(19)34(29,30)17-25)32-16-24(3,26)23(28)31-4/h8-14H,6-7,15-17H2,1-5H3/t24-/m1/s1. The van der Waals surface area contributed by atoms with Crippen LogP contribution < -0.4 is 9.64 Å². The fourth-order valence-electron chi connectivity index (χ4n) is 4.21. The Morgan fingerprint density at radius 3 is 2.41 bits per heavy atom. The van der Waals surface area contributed by atoms with Crippen molar-refractivity contribution in [2.75, 3.05) is 37.2 Å². The normalized spacial score (nSPS) is 18.4. The van der Waals surface area contributed by atoms with E-state index in [0.29, 0.717) is 30.0 Å². The van der Waals surface area contributed by atoms with Gasteiger partial charge >= 0.3 is 5.97 Å². The number of hydrogen-bond acceptors (Lipinski definition) is 7. The first-order valence-corrected chi connectivity index (χ1v) is 14.1. The molecule has 1 aliphatic heterocycles. The molecule has 0 amide bonds. The summed E-state index contributed by atoms with van der Waals surface area (Å²) in [6.07, 6.45) is 3.25.